The maximum absolute atomic E-state index is 14.1. The Bertz CT molecular complexity index is 799. The molecule has 3 rings (SSSR count). The van der Waals surface area contributed by atoms with E-state index in [0.717, 1.165) is 0 Å². The molecule has 158 valence electrons. The fourth-order valence-electron chi connectivity index (χ4n) is 3.41. The van der Waals surface area contributed by atoms with E-state index in [-0.39, 0.29) is 24.7 Å². The van der Waals surface area contributed by atoms with Crippen LogP contribution in [0.2, 0.25) is 0 Å². The first-order valence-corrected chi connectivity index (χ1v) is 9.13. The molecule has 0 bridgehead atoms. The second-order valence-corrected chi connectivity index (χ2v) is 6.97. The molecular weight excluding hydrogens is 385 g/mol. The predicted molar refractivity (Wildman–Crippen MR) is 100 cm³/mol. The van der Waals surface area contributed by atoms with Gasteiger partial charge < -0.3 is 34.8 Å². The van der Waals surface area contributed by atoms with Crippen molar-refractivity contribution in [2.45, 2.75) is 43.5 Å². The Morgan fingerprint density at radius 3 is 2.62 bits per heavy atom. The van der Waals surface area contributed by atoms with E-state index < -0.39 is 48.3 Å². The van der Waals surface area contributed by atoms with Gasteiger partial charge in [-0.1, -0.05) is 18.7 Å². The van der Waals surface area contributed by atoms with Gasteiger partial charge in [0.05, 0.1) is 6.04 Å². The number of hydrogen-bond donors (Lipinski definition) is 4. The Hall–Kier alpha value is -2.30. The number of rotatable bonds is 6. The quantitative estimate of drug-likeness (QED) is 0.389. The minimum absolute atomic E-state index is 0.0694. The molecule has 0 aromatic heterocycles. The number of fused-ring (bicyclic) bond motifs is 1. The van der Waals surface area contributed by atoms with Crippen LogP contribution in [0.3, 0.4) is 0 Å². The smallest absolute Gasteiger partial charge is 0.247 e. The summed E-state index contributed by atoms with van der Waals surface area (Å²) in [4.78, 5) is 12.5. The molecule has 1 aliphatic heterocycles. The summed E-state index contributed by atoms with van der Waals surface area (Å²) in [5, 5.41) is 33.3. The van der Waals surface area contributed by atoms with Gasteiger partial charge in [-0.15, -0.1) is 0 Å². The number of halogens is 1. The summed E-state index contributed by atoms with van der Waals surface area (Å²) in [6.45, 7) is 5.05. The molecule has 1 aromatic carbocycles. The van der Waals surface area contributed by atoms with Crippen molar-refractivity contribution in [2.24, 2.45) is 0 Å². The number of carbonyl (C=O) groups excluding carboxylic acids is 1. The summed E-state index contributed by atoms with van der Waals surface area (Å²) < 4.78 is 29.6. The van der Waals surface area contributed by atoms with Crippen molar-refractivity contribution >= 4 is 12.0 Å². The Kier molecular flexibility index (Phi) is 6.66. The van der Waals surface area contributed by atoms with Gasteiger partial charge in [-0.05, 0) is 30.7 Å². The lowest BCUT2D eigenvalue weighted by molar-refractivity contribution is -0.155. The summed E-state index contributed by atoms with van der Waals surface area (Å²) in [6.07, 6.45) is -2.81. The molecule has 6 atom stereocenters. The molecule has 1 aliphatic carbocycles. The summed E-state index contributed by atoms with van der Waals surface area (Å²) in [6, 6.07) is 3.09. The molecule has 29 heavy (non-hydrogen) atoms. The van der Waals surface area contributed by atoms with Gasteiger partial charge in [0, 0.05) is 5.57 Å². The number of hydrogen-bond acceptors (Lipinski definition) is 7. The van der Waals surface area contributed by atoms with Crippen LogP contribution in [0.1, 0.15) is 12.5 Å². The molecule has 8 nitrogen and oxygen atoms in total. The van der Waals surface area contributed by atoms with Gasteiger partial charge in [0.1, 0.15) is 43.9 Å². The molecule has 1 amide bonds. The van der Waals surface area contributed by atoms with E-state index in [9.17, 15) is 24.5 Å². The average Bonchev–Trinajstić information content (AvgIpc) is 3.19. The topological polar surface area (TPSA) is 117 Å². The largest absolute Gasteiger partial charge is 0.486 e. The highest BCUT2D eigenvalue weighted by atomic mass is 19.1. The first kappa shape index (κ1) is 21.4. The number of aliphatic hydroxyl groups is 3. The van der Waals surface area contributed by atoms with Crippen molar-refractivity contribution in [3.8, 4) is 5.75 Å². The highest BCUT2D eigenvalue weighted by Crippen LogP contribution is 2.30. The summed E-state index contributed by atoms with van der Waals surface area (Å²) in [5.41, 5.74) is 0.641. The normalized spacial score (nSPS) is 31.8. The third-order valence-electron chi connectivity index (χ3n) is 4.96. The lowest BCUT2D eigenvalue weighted by Gasteiger charge is -2.41. The zero-order valence-corrected chi connectivity index (χ0v) is 15.8. The van der Waals surface area contributed by atoms with E-state index in [2.05, 4.69) is 11.9 Å². The molecule has 1 saturated carbocycles. The molecule has 9 heteroatoms. The second kappa shape index (κ2) is 9.02. The number of ether oxygens (including phenoxy) is 3. The molecule has 4 N–H and O–H groups in total. The molecule has 1 saturated heterocycles. The van der Waals surface area contributed by atoms with E-state index in [1.54, 1.807) is 6.07 Å². The molecule has 0 radical (unpaired) electrons. The van der Waals surface area contributed by atoms with Gasteiger partial charge in [-0.2, -0.15) is 0 Å². The molecule has 1 heterocycles. The highest BCUT2D eigenvalue weighted by molar-refractivity contribution is 5.97. The number of carbonyl (C=O) groups is 1. The molecule has 1 aromatic rings. The summed E-state index contributed by atoms with van der Waals surface area (Å²) >= 11 is 0. The van der Waals surface area contributed by atoms with Gasteiger partial charge >= 0.3 is 0 Å². The van der Waals surface area contributed by atoms with E-state index in [0.29, 0.717) is 5.56 Å². The number of nitrogens with one attached hydrogen (secondary N) is 1. The van der Waals surface area contributed by atoms with Crippen molar-refractivity contribution in [3.63, 3.8) is 0 Å². The molecule has 2 fully saturated rings. The minimum atomic E-state index is -1.44. The van der Waals surface area contributed by atoms with Crippen LogP contribution in [-0.2, 0) is 14.3 Å². The molecule has 0 unspecified atom stereocenters. The summed E-state index contributed by atoms with van der Waals surface area (Å²) in [7, 11) is 0. The van der Waals surface area contributed by atoms with Crippen LogP contribution in [0.15, 0.2) is 36.4 Å². The fraction of sp³-hybridized carbons (Fsp3) is 0.450. The van der Waals surface area contributed by atoms with Crippen LogP contribution in [0.25, 0.3) is 6.08 Å². The van der Waals surface area contributed by atoms with Crippen LogP contribution in [-0.4, -0.2) is 71.2 Å². The maximum atomic E-state index is 14.1. The van der Waals surface area contributed by atoms with Gasteiger partial charge in [0.2, 0.25) is 5.91 Å². The van der Waals surface area contributed by atoms with Crippen molar-refractivity contribution < 1.29 is 38.7 Å². The standard InChI is InChI=1S/C20H24FNO7/c1-3-6-27-13-5-4-11(8-12(13)21)7-10(2)20(26)22-14-15(23)17(25)19-18(16(14)24)28-9-29-19/h3-5,7-8,14-19,23-25H,1,6,9H2,2H3,(H,22,26)/b10-7-/t14-,15+,16-,17-,18+,19-/m1/s1. The van der Waals surface area contributed by atoms with Gasteiger partial charge in [0.25, 0.3) is 0 Å². The zero-order valence-electron chi connectivity index (χ0n) is 15.8. The van der Waals surface area contributed by atoms with Gasteiger partial charge in [0.15, 0.2) is 11.6 Å². The molecule has 2 aliphatic rings. The number of amides is 1. The predicted octanol–water partition coefficient (Wildman–Crippen LogP) is 0.116. The fourth-order valence-corrected chi connectivity index (χ4v) is 3.41. The van der Waals surface area contributed by atoms with E-state index in [1.807, 2.05) is 0 Å². The van der Waals surface area contributed by atoms with Crippen molar-refractivity contribution in [3.05, 3.63) is 47.8 Å². The first-order valence-electron chi connectivity index (χ1n) is 9.13. The van der Waals surface area contributed by atoms with Crippen molar-refractivity contribution in [1.82, 2.24) is 5.32 Å². The number of aliphatic hydroxyl groups excluding tert-OH is 3. The number of benzene rings is 1. The zero-order chi connectivity index (χ0) is 21.1. The Morgan fingerprint density at radius 2 is 1.97 bits per heavy atom. The van der Waals surface area contributed by atoms with Crippen LogP contribution in [0.5, 0.6) is 5.75 Å². The highest BCUT2D eigenvalue weighted by Gasteiger charge is 2.53. The van der Waals surface area contributed by atoms with Crippen molar-refractivity contribution in [2.75, 3.05) is 13.4 Å². The Labute approximate surface area is 167 Å². The van der Waals surface area contributed by atoms with Gasteiger partial charge in [-0.25, -0.2) is 4.39 Å². The molecule has 0 spiro atoms. The third-order valence-corrected chi connectivity index (χ3v) is 4.96. The molecular formula is C20H24FNO7. The van der Waals surface area contributed by atoms with Crippen molar-refractivity contribution in [1.29, 1.82) is 0 Å². The van der Waals surface area contributed by atoms with Crippen LogP contribution in [0, 0.1) is 5.82 Å². The average molecular weight is 409 g/mol. The van der Waals surface area contributed by atoms with Crippen LogP contribution < -0.4 is 10.1 Å². The van der Waals surface area contributed by atoms with Gasteiger partial charge in [-0.3, -0.25) is 4.79 Å². The SMILES string of the molecule is C=CCOc1ccc(/C=C(/C)C(=O)N[C@@H]2[C@H](O)[C@@H](O)[C@H]3OCO[C@H]3[C@@H]2O)cc1F. The second-order valence-electron chi connectivity index (χ2n) is 6.97. The van der Waals surface area contributed by atoms with E-state index in [4.69, 9.17) is 14.2 Å². The van der Waals surface area contributed by atoms with Crippen LogP contribution in [0.4, 0.5) is 4.39 Å². The maximum Gasteiger partial charge on any atom is 0.247 e. The lowest BCUT2D eigenvalue weighted by atomic mass is 9.83. The van der Waals surface area contributed by atoms with E-state index >= 15 is 0 Å². The first-order chi connectivity index (χ1) is 13.8. The third kappa shape index (κ3) is 4.49. The Balaban J connectivity index is 1.69. The monoisotopic (exact) mass is 409 g/mol. The summed E-state index contributed by atoms with van der Waals surface area (Å²) in [5.74, 6) is -1.11. The van der Waals surface area contributed by atoms with E-state index in [1.165, 1.54) is 31.2 Å². The minimum Gasteiger partial charge on any atom is -0.486 e. The van der Waals surface area contributed by atoms with Crippen LogP contribution >= 0.6 is 0 Å². The Morgan fingerprint density at radius 1 is 1.28 bits per heavy atom. The lowest BCUT2D eigenvalue weighted by Crippen LogP contribution is -2.67.